The van der Waals surface area contributed by atoms with Gasteiger partial charge >= 0.3 is 0 Å². The number of carbonyl (C=O) groups excluding carboxylic acids is 1. The number of amides is 1. The summed E-state index contributed by atoms with van der Waals surface area (Å²) in [5.74, 6) is 0.512. The van der Waals surface area contributed by atoms with Crippen molar-refractivity contribution in [2.45, 2.75) is 31.9 Å². The summed E-state index contributed by atoms with van der Waals surface area (Å²) in [5, 5.41) is 0. The molecule has 1 unspecified atom stereocenters. The number of aromatic nitrogens is 2. The van der Waals surface area contributed by atoms with Gasteiger partial charge in [0.15, 0.2) is 0 Å². The Morgan fingerprint density at radius 2 is 2.27 bits per heavy atom. The Morgan fingerprint density at radius 1 is 1.42 bits per heavy atom. The molecule has 0 spiro atoms. The van der Waals surface area contributed by atoms with E-state index in [1.165, 1.54) is 11.3 Å². The van der Waals surface area contributed by atoms with Crippen LogP contribution >= 0.6 is 11.3 Å². The molecule has 1 fully saturated rings. The number of ether oxygens (including phenoxy) is 1. The van der Waals surface area contributed by atoms with E-state index in [4.69, 9.17) is 4.74 Å². The molecule has 1 N–H and O–H groups in total. The standard InChI is InChI=1S/C18H22N4O3S/c1-21(2)18-19-12-10-22(8-7-11(12)16(23)20-18)17(24)15-6-5-14(26-15)13-4-3-9-25-13/h5-6,13H,3-4,7-10H2,1-2H3,(H,19,20,23). The molecule has 0 saturated carbocycles. The van der Waals surface area contributed by atoms with Crippen molar-refractivity contribution in [3.8, 4) is 0 Å². The summed E-state index contributed by atoms with van der Waals surface area (Å²) >= 11 is 1.51. The Labute approximate surface area is 155 Å². The van der Waals surface area contributed by atoms with Crippen LogP contribution in [0.3, 0.4) is 0 Å². The van der Waals surface area contributed by atoms with Crippen molar-refractivity contribution < 1.29 is 9.53 Å². The average molecular weight is 374 g/mol. The summed E-state index contributed by atoms with van der Waals surface area (Å²) < 4.78 is 5.71. The second kappa shape index (κ2) is 6.85. The van der Waals surface area contributed by atoms with Crippen LogP contribution in [-0.2, 0) is 17.7 Å². The van der Waals surface area contributed by atoms with Crippen molar-refractivity contribution >= 4 is 23.2 Å². The zero-order valence-corrected chi connectivity index (χ0v) is 15.8. The minimum Gasteiger partial charge on any atom is -0.373 e. The van der Waals surface area contributed by atoms with Gasteiger partial charge in [-0.1, -0.05) is 0 Å². The highest BCUT2D eigenvalue weighted by molar-refractivity contribution is 7.14. The molecule has 1 atom stereocenters. The second-order valence-corrected chi connectivity index (χ2v) is 8.00. The van der Waals surface area contributed by atoms with Crippen molar-refractivity contribution in [2.24, 2.45) is 0 Å². The topological polar surface area (TPSA) is 78.5 Å². The molecule has 4 heterocycles. The van der Waals surface area contributed by atoms with Gasteiger partial charge in [-0.05, 0) is 31.4 Å². The summed E-state index contributed by atoms with van der Waals surface area (Å²) in [5.41, 5.74) is 1.27. The predicted molar refractivity (Wildman–Crippen MR) is 99.9 cm³/mol. The van der Waals surface area contributed by atoms with Crippen molar-refractivity contribution in [3.63, 3.8) is 0 Å². The van der Waals surface area contributed by atoms with Gasteiger partial charge < -0.3 is 14.5 Å². The Morgan fingerprint density at radius 3 is 3.00 bits per heavy atom. The molecule has 2 aromatic heterocycles. The number of aromatic amines is 1. The van der Waals surface area contributed by atoms with Gasteiger partial charge in [-0.25, -0.2) is 4.98 Å². The third-order valence-corrected chi connectivity index (χ3v) is 6.02. The lowest BCUT2D eigenvalue weighted by Crippen LogP contribution is -2.39. The zero-order chi connectivity index (χ0) is 18.3. The van der Waals surface area contributed by atoms with Crippen LogP contribution in [0.25, 0.3) is 0 Å². The van der Waals surface area contributed by atoms with Crippen LogP contribution in [-0.4, -0.2) is 48.0 Å². The molecule has 26 heavy (non-hydrogen) atoms. The molecule has 0 radical (unpaired) electrons. The number of hydrogen-bond acceptors (Lipinski definition) is 6. The van der Waals surface area contributed by atoms with Gasteiger partial charge in [-0.15, -0.1) is 11.3 Å². The van der Waals surface area contributed by atoms with E-state index >= 15 is 0 Å². The van der Waals surface area contributed by atoms with E-state index in [0.29, 0.717) is 36.7 Å². The lowest BCUT2D eigenvalue weighted by atomic mass is 10.1. The molecular weight excluding hydrogens is 352 g/mol. The SMILES string of the molecule is CN(C)c1nc2c(c(=O)[nH]1)CCN(C(=O)c1ccc(C3CCCO3)s1)C2. The van der Waals surface area contributed by atoms with E-state index in [-0.39, 0.29) is 17.6 Å². The highest BCUT2D eigenvalue weighted by Crippen LogP contribution is 2.34. The maximum atomic E-state index is 12.9. The van der Waals surface area contributed by atoms with E-state index in [2.05, 4.69) is 9.97 Å². The molecule has 7 nitrogen and oxygen atoms in total. The van der Waals surface area contributed by atoms with Crippen LogP contribution < -0.4 is 10.5 Å². The fourth-order valence-corrected chi connectivity index (χ4v) is 4.47. The number of nitrogens with one attached hydrogen (secondary N) is 1. The molecule has 138 valence electrons. The van der Waals surface area contributed by atoms with Crippen LogP contribution in [0.5, 0.6) is 0 Å². The average Bonchev–Trinajstić information content (AvgIpc) is 3.31. The van der Waals surface area contributed by atoms with Crippen LogP contribution in [0.2, 0.25) is 0 Å². The Kier molecular flexibility index (Phi) is 4.54. The van der Waals surface area contributed by atoms with Gasteiger partial charge in [0.2, 0.25) is 5.95 Å². The van der Waals surface area contributed by atoms with E-state index in [0.717, 1.165) is 29.2 Å². The van der Waals surface area contributed by atoms with Gasteiger partial charge in [0.05, 0.1) is 23.2 Å². The summed E-state index contributed by atoms with van der Waals surface area (Å²) in [7, 11) is 3.66. The molecule has 2 aliphatic rings. The molecule has 0 aliphatic carbocycles. The first-order chi connectivity index (χ1) is 12.5. The van der Waals surface area contributed by atoms with Gasteiger partial charge in [0.1, 0.15) is 0 Å². The molecule has 1 amide bonds. The third-order valence-electron chi connectivity index (χ3n) is 4.86. The Balaban J connectivity index is 1.54. The van der Waals surface area contributed by atoms with Gasteiger partial charge in [-0.2, -0.15) is 0 Å². The highest BCUT2D eigenvalue weighted by atomic mass is 32.1. The van der Waals surface area contributed by atoms with Crippen molar-refractivity contribution in [2.75, 3.05) is 32.1 Å². The van der Waals surface area contributed by atoms with Crippen LogP contribution in [0, 0.1) is 0 Å². The smallest absolute Gasteiger partial charge is 0.264 e. The van der Waals surface area contributed by atoms with E-state index in [9.17, 15) is 9.59 Å². The molecule has 0 bridgehead atoms. The van der Waals surface area contributed by atoms with E-state index in [1.54, 1.807) is 9.80 Å². The molecule has 0 aromatic carbocycles. The molecule has 2 aromatic rings. The third kappa shape index (κ3) is 3.14. The monoisotopic (exact) mass is 374 g/mol. The number of anilines is 1. The van der Waals surface area contributed by atoms with Gasteiger partial charge in [-0.3, -0.25) is 14.6 Å². The first-order valence-electron chi connectivity index (χ1n) is 8.83. The largest absolute Gasteiger partial charge is 0.373 e. The van der Waals surface area contributed by atoms with Gasteiger partial charge in [0.25, 0.3) is 11.5 Å². The van der Waals surface area contributed by atoms with E-state index < -0.39 is 0 Å². The quantitative estimate of drug-likeness (QED) is 0.888. The molecule has 8 heteroatoms. The number of nitrogens with zero attached hydrogens (tertiary/aromatic N) is 3. The Hall–Kier alpha value is -2.19. The fourth-order valence-electron chi connectivity index (χ4n) is 3.41. The number of fused-ring (bicyclic) bond motifs is 1. The second-order valence-electron chi connectivity index (χ2n) is 6.89. The first kappa shape index (κ1) is 17.2. The molecular formula is C18H22N4O3S. The van der Waals surface area contributed by atoms with Crippen molar-refractivity contribution in [3.05, 3.63) is 43.5 Å². The maximum Gasteiger partial charge on any atom is 0.264 e. The predicted octanol–water partition coefficient (Wildman–Crippen LogP) is 1.95. The number of rotatable bonds is 3. The summed E-state index contributed by atoms with van der Waals surface area (Å²) in [6, 6.07) is 3.88. The normalized spacial score (nSPS) is 19.5. The number of H-pyrrole nitrogens is 1. The summed E-state index contributed by atoms with van der Waals surface area (Å²) in [4.78, 5) is 37.9. The summed E-state index contributed by atoms with van der Waals surface area (Å²) in [6.45, 7) is 1.69. The zero-order valence-electron chi connectivity index (χ0n) is 14.9. The van der Waals surface area contributed by atoms with E-state index in [1.807, 2.05) is 26.2 Å². The Bertz CT molecular complexity index is 883. The number of carbonyl (C=O) groups is 1. The minimum atomic E-state index is -0.109. The van der Waals surface area contributed by atoms with Crippen LogP contribution in [0.1, 0.15) is 44.8 Å². The van der Waals surface area contributed by atoms with Gasteiger partial charge in [0, 0.05) is 37.7 Å². The lowest BCUT2D eigenvalue weighted by molar-refractivity contribution is 0.0736. The van der Waals surface area contributed by atoms with Crippen molar-refractivity contribution in [1.29, 1.82) is 0 Å². The summed E-state index contributed by atoms with van der Waals surface area (Å²) in [6.07, 6.45) is 2.75. The lowest BCUT2D eigenvalue weighted by Gasteiger charge is -2.28. The highest BCUT2D eigenvalue weighted by Gasteiger charge is 2.27. The first-order valence-corrected chi connectivity index (χ1v) is 9.64. The fraction of sp³-hybridized carbons (Fsp3) is 0.500. The van der Waals surface area contributed by atoms with Crippen LogP contribution in [0.15, 0.2) is 16.9 Å². The maximum absolute atomic E-state index is 12.9. The number of thiophene rings is 1. The minimum absolute atomic E-state index is 0.00150. The van der Waals surface area contributed by atoms with Crippen molar-refractivity contribution in [1.82, 2.24) is 14.9 Å². The molecule has 4 rings (SSSR count). The molecule has 1 saturated heterocycles. The van der Waals surface area contributed by atoms with Crippen LogP contribution in [0.4, 0.5) is 5.95 Å². The molecule has 2 aliphatic heterocycles. The number of hydrogen-bond donors (Lipinski definition) is 1.